The van der Waals surface area contributed by atoms with Crippen molar-refractivity contribution in [1.82, 2.24) is 4.31 Å². The number of carbonyl (C=O) groups is 1. The van der Waals surface area contributed by atoms with E-state index in [0.29, 0.717) is 6.07 Å². The van der Waals surface area contributed by atoms with E-state index in [4.69, 9.17) is 9.47 Å². The Morgan fingerprint density at radius 1 is 1.15 bits per heavy atom. The number of hydrogen-bond donors (Lipinski definition) is 0. The van der Waals surface area contributed by atoms with Crippen LogP contribution in [0.1, 0.15) is 26.3 Å². The van der Waals surface area contributed by atoms with Gasteiger partial charge in [0.25, 0.3) is 0 Å². The summed E-state index contributed by atoms with van der Waals surface area (Å²) in [5, 5.41) is 0. The molecule has 26 heavy (non-hydrogen) atoms. The number of carbonyl (C=O) groups excluding carboxylic acids is 1. The molecule has 0 spiro atoms. The van der Waals surface area contributed by atoms with Crippen molar-refractivity contribution in [2.45, 2.75) is 37.4 Å². The number of nitrogens with zero attached hydrogens (tertiary/aromatic N) is 1. The maximum atomic E-state index is 13.0. The van der Waals surface area contributed by atoms with E-state index in [2.05, 4.69) is 0 Å². The first kappa shape index (κ1) is 22.4. The van der Waals surface area contributed by atoms with Gasteiger partial charge in [0.05, 0.1) is 17.1 Å². The van der Waals surface area contributed by atoms with Crippen LogP contribution in [-0.4, -0.2) is 51.1 Å². The molecule has 0 amide bonds. The van der Waals surface area contributed by atoms with Crippen LogP contribution in [-0.2, 0) is 30.5 Å². The third-order valence-corrected chi connectivity index (χ3v) is 4.99. The summed E-state index contributed by atoms with van der Waals surface area (Å²) in [7, 11) is -3.23. The molecule has 10 heteroatoms. The Morgan fingerprint density at radius 2 is 1.73 bits per heavy atom. The molecule has 1 aromatic rings. The fourth-order valence-corrected chi connectivity index (χ4v) is 3.30. The van der Waals surface area contributed by atoms with Crippen molar-refractivity contribution in [3.63, 3.8) is 0 Å². The first-order valence-electron chi connectivity index (χ1n) is 7.67. The van der Waals surface area contributed by atoms with Gasteiger partial charge >= 0.3 is 12.1 Å². The molecule has 1 aromatic carbocycles. The highest BCUT2D eigenvalue weighted by molar-refractivity contribution is 7.89. The van der Waals surface area contributed by atoms with Gasteiger partial charge in [0.1, 0.15) is 12.2 Å². The van der Waals surface area contributed by atoms with Gasteiger partial charge in [0.2, 0.25) is 10.0 Å². The van der Waals surface area contributed by atoms with Crippen molar-refractivity contribution >= 4 is 16.0 Å². The summed E-state index contributed by atoms with van der Waals surface area (Å²) in [6, 6.07) is 3.94. The molecule has 0 fully saturated rings. The number of sulfonamides is 1. The molecule has 0 aliphatic carbocycles. The van der Waals surface area contributed by atoms with Crippen LogP contribution in [0.4, 0.5) is 13.2 Å². The van der Waals surface area contributed by atoms with Crippen molar-refractivity contribution in [3.05, 3.63) is 29.8 Å². The number of rotatable bonds is 7. The minimum absolute atomic E-state index is 0.177. The van der Waals surface area contributed by atoms with Gasteiger partial charge < -0.3 is 9.47 Å². The molecular weight excluding hydrogens is 375 g/mol. The summed E-state index contributed by atoms with van der Waals surface area (Å²) in [5.41, 5.74) is -1.91. The predicted octanol–water partition coefficient (Wildman–Crippen LogP) is 2.68. The molecule has 0 N–H and O–H groups in total. The van der Waals surface area contributed by atoms with Crippen LogP contribution in [0, 0.1) is 0 Å². The number of hydrogen-bond acceptors (Lipinski definition) is 5. The third-order valence-electron chi connectivity index (χ3n) is 3.07. The van der Waals surface area contributed by atoms with Crippen LogP contribution < -0.4 is 0 Å². The monoisotopic (exact) mass is 397 g/mol. The maximum absolute atomic E-state index is 13.0. The number of halogens is 3. The minimum Gasteiger partial charge on any atom is -0.458 e. The summed E-state index contributed by atoms with van der Waals surface area (Å²) in [6.45, 7) is 4.26. The summed E-state index contributed by atoms with van der Waals surface area (Å²) in [4.78, 5) is 10.6. The number of likely N-dealkylation sites (N-methyl/N-ethyl adjacent to an activating group) is 1. The third kappa shape index (κ3) is 6.58. The van der Waals surface area contributed by atoms with Gasteiger partial charge in [-0.15, -0.1) is 0 Å². The van der Waals surface area contributed by atoms with E-state index in [9.17, 15) is 26.4 Å². The Morgan fingerprint density at radius 3 is 2.27 bits per heavy atom. The molecule has 0 unspecified atom stereocenters. The largest absolute Gasteiger partial charge is 0.458 e. The Balaban J connectivity index is 2.71. The van der Waals surface area contributed by atoms with Crippen LogP contribution in [0.5, 0.6) is 0 Å². The first-order chi connectivity index (χ1) is 11.7. The summed E-state index contributed by atoms with van der Waals surface area (Å²) >= 11 is 0. The first-order valence-corrected chi connectivity index (χ1v) is 9.11. The Hall–Kier alpha value is -1.65. The van der Waals surface area contributed by atoms with E-state index in [0.717, 1.165) is 23.5 Å². The Labute approximate surface area is 150 Å². The molecule has 1 rings (SSSR count). The lowest BCUT2D eigenvalue weighted by molar-refractivity contribution is -0.160. The molecule has 0 atom stereocenters. The zero-order valence-electron chi connectivity index (χ0n) is 15.0. The van der Waals surface area contributed by atoms with Crippen molar-refractivity contribution in [3.8, 4) is 0 Å². The highest BCUT2D eigenvalue weighted by Gasteiger charge is 2.38. The van der Waals surface area contributed by atoms with Crippen LogP contribution in [0.25, 0.3) is 0 Å². The van der Waals surface area contributed by atoms with Crippen molar-refractivity contribution in [2.75, 3.05) is 26.8 Å². The second kappa shape index (κ2) is 8.36. The molecule has 0 heterocycles. The molecule has 0 saturated heterocycles. The van der Waals surface area contributed by atoms with E-state index in [-0.39, 0.29) is 19.8 Å². The lowest BCUT2D eigenvalue weighted by Gasteiger charge is -2.21. The highest BCUT2D eigenvalue weighted by atomic mass is 32.2. The lowest BCUT2D eigenvalue weighted by atomic mass is 10.2. The minimum atomic E-state index is -4.79. The molecular formula is C16H22F3NO5S. The van der Waals surface area contributed by atoms with E-state index in [1.165, 1.54) is 6.07 Å². The average Bonchev–Trinajstić information content (AvgIpc) is 2.48. The molecule has 0 aliphatic rings. The topological polar surface area (TPSA) is 72.9 Å². The Bertz CT molecular complexity index is 726. The zero-order chi connectivity index (χ0) is 20.2. The van der Waals surface area contributed by atoms with E-state index >= 15 is 0 Å². The number of ether oxygens (including phenoxy) is 2. The molecule has 0 aliphatic heterocycles. The lowest BCUT2D eigenvalue weighted by Crippen LogP contribution is -2.32. The van der Waals surface area contributed by atoms with Crippen molar-refractivity contribution < 1.29 is 35.9 Å². The van der Waals surface area contributed by atoms with Crippen molar-refractivity contribution in [2.24, 2.45) is 0 Å². The van der Waals surface area contributed by atoms with E-state index in [1.54, 1.807) is 20.8 Å². The normalized spacial score (nSPS) is 13.1. The quantitative estimate of drug-likeness (QED) is 0.523. The molecule has 0 aromatic heterocycles. The van der Waals surface area contributed by atoms with Crippen LogP contribution in [0.2, 0.25) is 0 Å². The Kier molecular flexibility index (Phi) is 7.20. The van der Waals surface area contributed by atoms with Gasteiger partial charge in [-0.3, -0.25) is 0 Å². The van der Waals surface area contributed by atoms with E-state index in [1.807, 2.05) is 0 Å². The number of alkyl halides is 3. The SMILES string of the molecule is CN(CCOCC(=O)OC(C)(C)C)S(=O)(=O)c1ccccc1C(F)(F)F. The fourth-order valence-electron chi connectivity index (χ4n) is 1.93. The second-order valence-electron chi connectivity index (χ2n) is 6.46. The summed E-state index contributed by atoms with van der Waals surface area (Å²) in [6.07, 6.45) is -4.79. The van der Waals surface area contributed by atoms with E-state index < -0.39 is 38.2 Å². The predicted molar refractivity (Wildman–Crippen MR) is 87.9 cm³/mol. The summed E-state index contributed by atoms with van der Waals surface area (Å²) in [5.74, 6) is -0.620. The molecule has 0 radical (unpaired) electrons. The fraction of sp³-hybridized carbons (Fsp3) is 0.562. The van der Waals surface area contributed by atoms with Gasteiger partial charge in [-0.05, 0) is 32.9 Å². The molecule has 6 nitrogen and oxygen atoms in total. The average molecular weight is 397 g/mol. The van der Waals surface area contributed by atoms with Crippen LogP contribution in [0.15, 0.2) is 29.2 Å². The number of esters is 1. The van der Waals surface area contributed by atoms with Gasteiger partial charge in [0, 0.05) is 13.6 Å². The standard InChI is InChI=1S/C16H22F3NO5S/c1-15(2,3)25-14(21)11-24-10-9-20(4)26(22,23)13-8-6-5-7-12(13)16(17,18)19/h5-8H,9-11H2,1-4H3. The maximum Gasteiger partial charge on any atom is 0.417 e. The zero-order valence-corrected chi connectivity index (χ0v) is 15.8. The molecule has 0 bridgehead atoms. The van der Waals surface area contributed by atoms with Gasteiger partial charge in [-0.2, -0.15) is 17.5 Å². The molecule has 0 saturated carbocycles. The van der Waals surface area contributed by atoms with Crippen molar-refractivity contribution in [1.29, 1.82) is 0 Å². The van der Waals surface area contributed by atoms with Crippen LogP contribution in [0.3, 0.4) is 0 Å². The smallest absolute Gasteiger partial charge is 0.417 e. The van der Waals surface area contributed by atoms with Crippen LogP contribution >= 0.6 is 0 Å². The highest BCUT2D eigenvalue weighted by Crippen LogP contribution is 2.34. The molecule has 148 valence electrons. The van der Waals surface area contributed by atoms with Gasteiger partial charge in [-0.1, -0.05) is 12.1 Å². The van der Waals surface area contributed by atoms with Gasteiger partial charge in [-0.25, -0.2) is 13.2 Å². The van der Waals surface area contributed by atoms with Gasteiger partial charge in [0.15, 0.2) is 0 Å². The summed E-state index contributed by atoms with van der Waals surface area (Å²) < 4.78 is 74.6. The second-order valence-corrected chi connectivity index (χ2v) is 8.47. The number of benzene rings is 1.